The number of hydrogen-bond acceptors (Lipinski definition) is 0. The number of hydrogen-bond donors (Lipinski definition) is 0. The second-order valence-electron chi connectivity index (χ2n) is 5.30. The quantitative estimate of drug-likeness (QED) is 0.304. The Labute approximate surface area is 132 Å². The SMILES string of the molecule is CCCCCCCCCCCC[n+]1ccccc1.[Ru+2]. The summed E-state index contributed by atoms with van der Waals surface area (Å²) in [5, 5.41) is 0. The van der Waals surface area contributed by atoms with E-state index in [2.05, 4.69) is 42.1 Å². The molecule has 2 heteroatoms. The third-order valence-corrected chi connectivity index (χ3v) is 3.55. The van der Waals surface area contributed by atoms with Crippen molar-refractivity contribution in [3.63, 3.8) is 0 Å². The molecule has 19 heavy (non-hydrogen) atoms. The molecule has 0 aliphatic carbocycles. The van der Waals surface area contributed by atoms with Crippen LogP contribution in [-0.2, 0) is 26.0 Å². The zero-order valence-corrected chi connectivity index (χ0v) is 14.2. The van der Waals surface area contributed by atoms with Gasteiger partial charge < -0.3 is 0 Å². The largest absolute Gasteiger partial charge is 2.00 e. The summed E-state index contributed by atoms with van der Waals surface area (Å²) < 4.78 is 2.28. The minimum Gasteiger partial charge on any atom is -0.205 e. The van der Waals surface area contributed by atoms with E-state index < -0.39 is 0 Å². The summed E-state index contributed by atoms with van der Waals surface area (Å²) >= 11 is 0. The van der Waals surface area contributed by atoms with Crippen LogP contribution in [0.3, 0.4) is 0 Å². The van der Waals surface area contributed by atoms with Gasteiger partial charge in [-0.1, -0.05) is 64.4 Å². The molecule has 1 nitrogen and oxygen atoms in total. The predicted molar refractivity (Wildman–Crippen MR) is 78.5 cm³/mol. The topological polar surface area (TPSA) is 3.88 Å². The zero-order chi connectivity index (χ0) is 12.9. The number of pyridine rings is 1. The van der Waals surface area contributed by atoms with Crippen LogP contribution in [0.4, 0.5) is 0 Å². The summed E-state index contributed by atoms with van der Waals surface area (Å²) in [6, 6.07) is 6.29. The summed E-state index contributed by atoms with van der Waals surface area (Å²) in [5.74, 6) is 0. The molecule has 0 radical (unpaired) electrons. The first kappa shape index (κ1) is 18.8. The van der Waals surface area contributed by atoms with Crippen molar-refractivity contribution in [2.24, 2.45) is 0 Å². The minimum absolute atomic E-state index is 0. The van der Waals surface area contributed by atoms with Gasteiger partial charge in [-0.3, -0.25) is 0 Å². The summed E-state index contributed by atoms with van der Waals surface area (Å²) in [7, 11) is 0. The maximum atomic E-state index is 2.28. The van der Waals surface area contributed by atoms with Crippen molar-refractivity contribution in [3.05, 3.63) is 30.6 Å². The van der Waals surface area contributed by atoms with Crippen LogP contribution in [0.25, 0.3) is 0 Å². The first-order valence-electron chi connectivity index (χ1n) is 7.87. The second kappa shape index (κ2) is 14.2. The number of nitrogens with zero attached hydrogens (tertiary/aromatic N) is 1. The van der Waals surface area contributed by atoms with Gasteiger partial charge in [0, 0.05) is 18.6 Å². The van der Waals surface area contributed by atoms with Crippen molar-refractivity contribution in [3.8, 4) is 0 Å². The molecule has 0 saturated carbocycles. The van der Waals surface area contributed by atoms with Gasteiger partial charge in [-0.05, 0) is 6.42 Å². The Kier molecular flexibility index (Phi) is 14.0. The molecule has 108 valence electrons. The van der Waals surface area contributed by atoms with E-state index in [4.69, 9.17) is 0 Å². The van der Waals surface area contributed by atoms with E-state index in [1.165, 1.54) is 70.8 Å². The molecule has 0 aliphatic rings. The normalized spacial score (nSPS) is 10.2. The van der Waals surface area contributed by atoms with Crippen molar-refractivity contribution < 1.29 is 24.0 Å². The molecule has 0 amide bonds. The van der Waals surface area contributed by atoms with E-state index in [1.54, 1.807) is 0 Å². The summed E-state index contributed by atoms with van der Waals surface area (Å²) in [5.41, 5.74) is 0. The van der Waals surface area contributed by atoms with Gasteiger partial charge in [0.05, 0.1) is 0 Å². The fourth-order valence-electron chi connectivity index (χ4n) is 2.37. The van der Waals surface area contributed by atoms with Crippen LogP contribution in [-0.4, -0.2) is 0 Å². The second-order valence-corrected chi connectivity index (χ2v) is 5.30. The van der Waals surface area contributed by atoms with E-state index in [-0.39, 0.29) is 19.5 Å². The summed E-state index contributed by atoms with van der Waals surface area (Å²) in [6.45, 7) is 3.46. The summed E-state index contributed by atoms with van der Waals surface area (Å²) in [6.07, 6.45) is 18.5. The van der Waals surface area contributed by atoms with Crippen LogP contribution in [0.15, 0.2) is 30.6 Å². The van der Waals surface area contributed by atoms with Crippen LogP contribution in [0.1, 0.15) is 71.1 Å². The van der Waals surface area contributed by atoms with Gasteiger partial charge in [0.2, 0.25) is 0 Å². The van der Waals surface area contributed by atoms with Crippen LogP contribution < -0.4 is 4.57 Å². The molecule has 0 bridgehead atoms. The molecule has 0 saturated heterocycles. The van der Waals surface area contributed by atoms with Crippen LogP contribution in [0.5, 0.6) is 0 Å². The Bertz CT molecular complexity index is 274. The molecule has 0 aliphatic heterocycles. The van der Waals surface area contributed by atoms with E-state index in [0.29, 0.717) is 0 Å². The Hall–Kier alpha value is -0.227. The van der Waals surface area contributed by atoms with Gasteiger partial charge >= 0.3 is 19.5 Å². The van der Waals surface area contributed by atoms with Crippen LogP contribution >= 0.6 is 0 Å². The third kappa shape index (κ3) is 11.3. The van der Waals surface area contributed by atoms with Gasteiger partial charge in [-0.2, -0.15) is 0 Å². The first-order valence-corrected chi connectivity index (χ1v) is 7.87. The number of aryl methyl sites for hydroxylation is 1. The standard InChI is InChI=1S/C17H30N.Ru/c1-2-3-4-5-6-7-8-9-10-12-15-18-16-13-11-14-17-18;/h11,13-14,16-17H,2-10,12,15H2,1H3;/q+1;+2. The number of rotatable bonds is 11. The molecule has 1 aromatic heterocycles. The third-order valence-electron chi connectivity index (χ3n) is 3.55. The number of aromatic nitrogens is 1. The minimum atomic E-state index is 0. The van der Waals surface area contributed by atoms with E-state index >= 15 is 0 Å². The van der Waals surface area contributed by atoms with Crippen LogP contribution in [0.2, 0.25) is 0 Å². The molecule has 0 unspecified atom stereocenters. The van der Waals surface area contributed by atoms with Gasteiger partial charge in [0.25, 0.3) is 0 Å². The molecular formula is C17H30NRu+3. The monoisotopic (exact) mass is 350 g/mol. The van der Waals surface area contributed by atoms with Crippen molar-refractivity contribution in [1.29, 1.82) is 0 Å². The zero-order valence-electron chi connectivity index (χ0n) is 12.5. The maximum absolute atomic E-state index is 2.28. The average Bonchev–Trinajstić information content (AvgIpc) is 2.42. The molecule has 0 N–H and O–H groups in total. The molecule has 0 fully saturated rings. The van der Waals surface area contributed by atoms with Gasteiger partial charge in [0.15, 0.2) is 12.4 Å². The van der Waals surface area contributed by atoms with Crippen molar-refractivity contribution in [1.82, 2.24) is 0 Å². The Morgan fingerprint density at radius 3 is 1.63 bits per heavy atom. The fraction of sp³-hybridized carbons (Fsp3) is 0.706. The fourth-order valence-corrected chi connectivity index (χ4v) is 2.37. The maximum Gasteiger partial charge on any atom is 2.00 e. The smallest absolute Gasteiger partial charge is 0.205 e. The Morgan fingerprint density at radius 1 is 0.632 bits per heavy atom. The van der Waals surface area contributed by atoms with Gasteiger partial charge in [0.1, 0.15) is 6.54 Å². The van der Waals surface area contributed by atoms with Gasteiger partial charge in [-0.25, -0.2) is 4.57 Å². The molecule has 0 spiro atoms. The Balaban J connectivity index is 0.00000324. The van der Waals surface area contributed by atoms with Crippen LogP contribution in [0, 0.1) is 0 Å². The first-order chi connectivity index (χ1) is 8.93. The molecular weight excluding hydrogens is 319 g/mol. The van der Waals surface area contributed by atoms with Crippen molar-refractivity contribution >= 4 is 0 Å². The predicted octanol–water partition coefficient (Wildman–Crippen LogP) is 4.89. The Morgan fingerprint density at radius 2 is 1.11 bits per heavy atom. The molecule has 1 aromatic rings. The van der Waals surface area contributed by atoms with Gasteiger partial charge in [-0.15, -0.1) is 0 Å². The summed E-state index contributed by atoms with van der Waals surface area (Å²) in [4.78, 5) is 0. The molecule has 0 aromatic carbocycles. The molecule has 1 rings (SSSR count). The van der Waals surface area contributed by atoms with E-state index in [0.717, 1.165) is 0 Å². The van der Waals surface area contributed by atoms with Crippen molar-refractivity contribution in [2.75, 3.05) is 0 Å². The number of unbranched alkanes of at least 4 members (excludes halogenated alkanes) is 9. The van der Waals surface area contributed by atoms with E-state index in [9.17, 15) is 0 Å². The van der Waals surface area contributed by atoms with Crippen molar-refractivity contribution in [2.45, 2.75) is 77.7 Å². The average molecular weight is 350 g/mol. The molecule has 0 atom stereocenters. The molecule has 1 heterocycles. The van der Waals surface area contributed by atoms with E-state index in [1.807, 2.05) is 0 Å².